The molecule has 190 valence electrons. The van der Waals surface area contributed by atoms with E-state index in [-0.39, 0.29) is 17.7 Å². The SMILES string of the molecule is CCOc1ccc2[nH]c3c(c2c1)C[C@@]1(C)C(=O)N(CCN(CC)CC)C(=O)N1[C@@H]3c1cccc(O)c1. The summed E-state index contributed by atoms with van der Waals surface area (Å²) in [5, 5.41) is 11.3. The molecule has 0 unspecified atom stereocenters. The molecule has 36 heavy (non-hydrogen) atoms. The highest BCUT2D eigenvalue weighted by Crippen LogP contribution is 2.49. The average molecular weight is 491 g/mol. The number of fused-ring (bicyclic) bond motifs is 4. The molecule has 5 rings (SSSR count). The zero-order chi connectivity index (χ0) is 25.6. The van der Waals surface area contributed by atoms with Gasteiger partial charge in [0, 0.05) is 36.1 Å². The van der Waals surface area contributed by atoms with E-state index in [1.807, 2.05) is 38.1 Å². The normalized spacial score (nSPS) is 21.4. The molecule has 2 N–H and O–H groups in total. The third-order valence-corrected chi connectivity index (χ3v) is 7.67. The maximum atomic E-state index is 13.9. The first kappa shape index (κ1) is 24.2. The Balaban J connectivity index is 1.65. The number of imide groups is 1. The second-order valence-corrected chi connectivity index (χ2v) is 9.74. The highest BCUT2D eigenvalue weighted by molar-refractivity contribution is 6.08. The van der Waals surface area contributed by atoms with Crippen LogP contribution in [0.3, 0.4) is 0 Å². The number of nitrogens with one attached hydrogen (secondary N) is 1. The number of carbonyl (C=O) groups is 2. The van der Waals surface area contributed by atoms with Crippen LogP contribution in [0.2, 0.25) is 0 Å². The van der Waals surface area contributed by atoms with Gasteiger partial charge in [0.15, 0.2) is 0 Å². The Morgan fingerprint density at radius 2 is 1.92 bits per heavy atom. The number of aromatic nitrogens is 1. The molecule has 2 aliphatic rings. The fraction of sp³-hybridized carbons (Fsp3) is 0.429. The minimum atomic E-state index is -1.04. The summed E-state index contributed by atoms with van der Waals surface area (Å²) in [6.07, 6.45) is 0.402. The van der Waals surface area contributed by atoms with Gasteiger partial charge >= 0.3 is 6.03 Å². The molecule has 0 spiro atoms. The molecule has 3 amide bonds. The van der Waals surface area contributed by atoms with Gasteiger partial charge in [-0.15, -0.1) is 0 Å². The lowest BCUT2D eigenvalue weighted by molar-refractivity contribution is -0.133. The van der Waals surface area contributed by atoms with E-state index in [1.165, 1.54) is 4.90 Å². The lowest BCUT2D eigenvalue weighted by Gasteiger charge is -2.42. The number of rotatable bonds is 8. The van der Waals surface area contributed by atoms with Crippen LogP contribution in [0, 0.1) is 0 Å². The fourth-order valence-electron chi connectivity index (χ4n) is 5.77. The molecule has 2 aliphatic heterocycles. The number of likely N-dealkylation sites (N-methyl/N-ethyl adjacent to an activating group) is 1. The topological polar surface area (TPSA) is 89.1 Å². The molecular formula is C28H34N4O4. The van der Waals surface area contributed by atoms with Crippen molar-refractivity contribution in [2.75, 3.05) is 32.8 Å². The Hall–Kier alpha value is -3.52. The van der Waals surface area contributed by atoms with E-state index < -0.39 is 11.6 Å². The maximum absolute atomic E-state index is 13.9. The summed E-state index contributed by atoms with van der Waals surface area (Å²) in [6.45, 7) is 11.2. The molecule has 1 aromatic heterocycles. The quantitative estimate of drug-likeness (QED) is 0.460. The monoisotopic (exact) mass is 490 g/mol. The molecule has 0 bridgehead atoms. The van der Waals surface area contributed by atoms with Gasteiger partial charge in [0.1, 0.15) is 23.1 Å². The number of nitrogens with zero attached hydrogens (tertiary/aromatic N) is 3. The van der Waals surface area contributed by atoms with Crippen LogP contribution < -0.4 is 4.74 Å². The molecule has 0 saturated carbocycles. The second-order valence-electron chi connectivity index (χ2n) is 9.74. The number of phenols is 1. The Morgan fingerprint density at radius 3 is 2.61 bits per heavy atom. The molecule has 1 fully saturated rings. The molecule has 3 aromatic rings. The fourth-order valence-corrected chi connectivity index (χ4v) is 5.77. The van der Waals surface area contributed by atoms with Crippen LogP contribution in [0.15, 0.2) is 42.5 Å². The minimum Gasteiger partial charge on any atom is -0.508 e. The van der Waals surface area contributed by atoms with Crippen molar-refractivity contribution >= 4 is 22.8 Å². The van der Waals surface area contributed by atoms with Crippen molar-refractivity contribution in [3.8, 4) is 11.5 Å². The number of urea groups is 1. The summed E-state index contributed by atoms with van der Waals surface area (Å²) in [5.41, 5.74) is 2.52. The van der Waals surface area contributed by atoms with Crippen LogP contribution in [0.4, 0.5) is 4.79 Å². The Labute approximate surface area is 211 Å². The van der Waals surface area contributed by atoms with E-state index in [0.29, 0.717) is 26.1 Å². The summed E-state index contributed by atoms with van der Waals surface area (Å²) < 4.78 is 5.75. The lowest BCUT2D eigenvalue weighted by Crippen LogP contribution is -2.53. The average Bonchev–Trinajstić information content (AvgIpc) is 3.30. The van der Waals surface area contributed by atoms with Crippen LogP contribution >= 0.6 is 0 Å². The van der Waals surface area contributed by atoms with Crippen molar-refractivity contribution in [2.24, 2.45) is 0 Å². The molecule has 3 heterocycles. The number of carbonyl (C=O) groups excluding carboxylic acids is 2. The zero-order valence-electron chi connectivity index (χ0n) is 21.4. The van der Waals surface area contributed by atoms with Crippen molar-refractivity contribution < 1.29 is 19.4 Å². The summed E-state index contributed by atoms with van der Waals surface area (Å²) in [4.78, 5) is 36.7. The van der Waals surface area contributed by atoms with E-state index in [4.69, 9.17) is 4.74 Å². The molecule has 8 nitrogen and oxygen atoms in total. The van der Waals surface area contributed by atoms with Crippen LogP contribution in [-0.4, -0.2) is 75.1 Å². The Morgan fingerprint density at radius 1 is 1.14 bits per heavy atom. The van der Waals surface area contributed by atoms with E-state index >= 15 is 0 Å². The largest absolute Gasteiger partial charge is 0.508 e. The van der Waals surface area contributed by atoms with Crippen LogP contribution in [0.5, 0.6) is 11.5 Å². The van der Waals surface area contributed by atoms with Crippen molar-refractivity contribution in [3.05, 3.63) is 59.3 Å². The summed E-state index contributed by atoms with van der Waals surface area (Å²) in [7, 11) is 0. The van der Waals surface area contributed by atoms with Gasteiger partial charge in [0.05, 0.1) is 6.61 Å². The van der Waals surface area contributed by atoms with Crippen LogP contribution in [0.1, 0.15) is 50.6 Å². The Bertz CT molecular complexity index is 1310. The molecule has 0 aliphatic carbocycles. The first-order chi connectivity index (χ1) is 17.3. The third-order valence-electron chi connectivity index (χ3n) is 7.67. The number of hydrogen-bond acceptors (Lipinski definition) is 5. The summed E-state index contributed by atoms with van der Waals surface area (Å²) in [6, 6.07) is 12.0. The van der Waals surface area contributed by atoms with E-state index in [0.717, 1.165) is 46.6 Å². The first-order valence-corrected chi connectivity index (χ1v) is 12.8. The molecule has 8 heteroatoms. The van der Waals surface area contributed by atoms with Crippen LogP contribution in [-0.2, 0) is 11.2 Å². The first-order valence-electron chi connectivity index (χ1n) is 12.8. The molecule has 1 saturated heterocycles. The van der Waals surface area contributed by atoms with Crippen molar-refractivity contribution in [1.29, 1.82) is 0 Å². The van der Waals surface area contributed by atoms with Gasteiger partial charge in [-0.05, 0) is 68.4 Å². The second kappa shape index (κ2) is 9.17. The number of amides is 3. The van der Waals surface area contributed by atoms with E-state index in [9.17, 15) is 14.7 Å². The third kappa shape index (κ3) is 3.71. The highest BCUT2D eigenvalue weighted by Gasteiger charge is 2.60. The minimum absolute atomic E-state index is 0.118. The predicted molar refractivity (Wildman–Crippen MR) is 138 cm³/mol. The zero-order valence-corrected chi connectivity index (χ0v) is 21.4. The number of aromatic amines is 1. The van der Waals surface area contributed by atoms with Gasteiger partial charge in [0.25, 0.3) is 5.91 Å². The Kier molecular flexibility index (Phi) is 6.16. The van der Waals surface area contributed by atoms with Crippen molar-refractivity contribution in [2.45, 2.75) is 45.7 Å². The van der Waals surface area contributed by atoms with Gasteiger partial charge in [0.2, 0.25) is 0 Å². The summed E-state index contributed by atoms with van der Waals surface area (Å²) >= 11 is 0. The van der Waals surface area contributed by atoms with Crippen molar-refractivity contribution in [1.82, 2.24) is 19.7 Å². The maximum Gasteiger partial charge on any atom is 0.328 e. The lowest BCUT2D eigenvalue weighted by atomic mass is 9.81. The standard InChI is InChI=1S/C28H34N4O4/c1-5-30(6-2)13-14-31-26(34)28(4)17-22-21-16-20(36-7-3)11-12-23(21)29-24(22)25(32(28)27(31)35)18-9-8-10-19(33)15-18/h8-12,15-16,25,29,33H,5-7,13-14,17H2,1-4H3/t25-,28+/m1/s1. The van der Waals surface area contributed by atoms with Gasteiger partial charge < -0.3 is 19.7 Å². The molecule has 2 atom stereocenters. The van der Waals surface area contributed by atoms with Gasteiger partial charge in [-0.1, -0.05) is 26.0 Å². The summed E-state index contributed by atoms with van der Waals surface area (Å²) in [5.74, 6) is 0.709. The number of phenolic OH excluding ortho intramolecular Hbond substituents is 1. The van der Waals surface area contributed by atoms with Crippen LogP contribution in [0.25, 0.3) is 10.9 Å². The van der Waals surface area contributed by atoms with E-state index in [1.54, 1.807) is 23.1 Å². The highest BCUT2D eigenvalue weighted by atomic mass is 16.5. The van der Waals surface area contributed by atoms with Gasteiger partial charge in [-0.25, -0.2) is 4.79 Å². The smallest absolute Gasteiger partial charge is 0.328 e. The number of hydrogen-bond donors (Lipinski definition) is 2. The van der Waals surface area contributed by atoms with Gasteiger partial charge in [-0.2, -0.15) is 0 Å². The van der Waals surface area contributed by atoms with Crippen molar-refractivity contribution in [3.63, 3.8) is 0 Å². The van der Waals surface area contributed by atoms with Gasteiger partial charge in [-0.3, -0.25) is 14.6 Å². The number of benzene rings is 2. The molecule has 2 aromatic carbocycles. The number of H-pyrrole nitrogens is 1. The van der Waals surface area contributed by atoms with E-state index in [2.05, 4.69) is 23.7 Å². The molecule has 0 radical (unpaired) electrons. The number of aromatic hydroxyl groups is 1. The molecular weight excluding hydrogens is 456 g/mol. The number of ether oxygens (including phenoxy) is 1. The predicted octanol–water partition coefficient (Wildman–Crippen LogP) is 4.28.